The monoisotopic (exact) mass is 295 g/mol. The maximum absolute atomic E-state index is 12.1. The van der Waals surface area contributed by atoms with Gasteiger partial charge in [-0.25, -0.2) is 0 Å². The molecule has 1 saturated heterocycles. The Bertz CT molecular complexity index is 525. The largest absolute Gasteiger partial charge is 0.349 e. The highest BCUT2D eigenvalue weighted by molar-refractivity contribution is 6.33. The van der Waals surface area contributed by atoms with Crippen molar-refractivity contribution in [1.82, 2.24) is 15.2 Å². The minimum absolute atomic E-state index is 0.0791. The van der Waals surface area contributed by atoms with Crippen LogP contribution in [0.4, 0.5) is 0 Å². The lowest BCUT2D eigenvalue weighted by Gasteiger charge is -2.31. The summed E-state index contributed by atoms with van der Waals surface area (Å²) in [5.41, 5.74) is 1.17. The number of aryl methyl sites for hydroxylation is 1. The Morgan fingerprint density at radius 3 is 2.60 bits per heavy atom. The molecule has 20 heavy (non-hydrogen) atoms. The second kappa shape index (κ2) is 6.22. The minimum Gasteiger partial charge on any atom is -0.349 e. The first-order valence-corrected chi connectivity index (χ1v) is 7.03. The third-order valence-corrected chi connectivity index (χ3v) is 3.82. The zero-order valence-corrected chi connectivity index (χ0v) is 12.4. The zero-order valence-electron chi connectivity index (χ0n) is 11.6. The van der Waals surface area contributed by atoms with Crippen LogP contribution in [0.1, 0.15) is 35.8 Å². The van der Waals surface area contributed by atoms with Gasteiger partial charge in [0, 0.05) is 37.9 Å². The van der Waals surface area contributed by atoms with E-state index in [1.54, 1.807) is 17.9 Å². The second-order valence-corrected chi connectivity index (χ2v) is 5.47. The average molecular weight is 296 g/mol. The lowest BCUT2D eigenvalue weighted by atomic mass is 10.0. The Balaban J connectivity index is 1.94. The number of nitrogens with one attached hydrogen (secondary N) is 1. The Kier molecular flexibility index (Phi) is 4.60. The highest BCUT2D eigenvalue weighted by Gasteiger charge is 2.23. The summed E-state index contributed by atoms with van der Waals surface area (Å²) in [7, 11) is 0. The SMILES string of the molecule is CC(=O)N1CCC(NC(=O)c2cnc(C)cc2Cl)CC1. The molecule has 2 rings (SSSR count). The lowest BCUT2D eigenvalue weighted by molar-refractivity contribution is -0.129. The van der Waals surface area contributed by atoms with Crippen LogP contribution in [-0.2, 0) is 4.79 Å². The molecule has 5 nitrogen and oxygen atoms in total. The van der Waals surface area contributed by atoms with E-state index < -0.39 is 0 Å². The Morgan fingerprint density at radius 1 is 1.40 bits per heavy atom. The van der Waals surface area contributed by atoms with Crippen molar-refractivity contribution in [3.8, 4) is 0 Å². The molecule has 108 valence electrons. The van der Waals surface area contributed by atoms with E-state index in [0.29, 0.717) is 23.7 Å². The predicted octanol–water partition coefficient (Wildman–Crippen LogP) is 1.78. The number of likely N-dealkylation sites (tertiary alicyclic amines) is 1. The van der Waals surface area contributed by atoms with Gasteiger partial charge in [-0.2, -0.15) is 0 Å². The summed E-state index contributed by atoms with van der Waals surface area (Å²) in [5, 5.41) is 3.37. The van der Waals surface area contributed by atoms with Crippen molar-refractivity contribution in [1.29, 1.82) is 0 Å². The van der Waals surface area contributed by atoms with Gasteiger partial charge in [-0.3, -0.25) is 14.6 Å². The third-order valence-electron chi connectivity index (χ3n) is 3.51. The van der Waals surface area contributed by atoms with Gasteiger partial charge < -0.3 is 10.2 Å². The number of amides is 2. The molecule has 1 aromatic heterocycles. The van der Waals surface area contributed by atoms with E-state index in [1.807, 2.05) is 6.92 Å². The number of pyridine rings is 1. The predicted molar refractivity (Wildman–Crippen MR) is 76.7 cm³/mol. The molecule has 1 aliphatic heterocycles. The molecule has 0 aromatic carbocycles. The van der Waals surface area contributed by atoms with Gasteiger partial charge in [-0.15, -0.1) is 0 Å². The first-order chi connectivity index (χ1) is 9.47. The minimum atomic E-state index is -0.205. The van der Waals surface area contributed by atoms with Crippen LogP contribution in [0.15, 0.2) is 12.3 Å². The zero-order chi connectivity index (χ0) is 14.7. The van der Waals surface area contributed by atoms with Gasteiger partial charge in [0.15, 0.2) is 0 Å². The number of hydrogen-bond donors (Lipinski definition) is 1. The number of halogens is 1. The maximum Gasteiger partial charge on any atom is 0.254 e. The summed E-state index contributed by atoms with van der Waals surface area (Å²) in [5.74, 6) is -0.121. The van der Waals surface area contributed by atoms with Gasteiger partial charge in [0.1, 0.15) is 0 Å². The van der Waals surface area contributed by atoms with Crippen LogP contribution in [0.25, 0.3) is 0 Å². The molecule has 6 heteroatoms. The normalized spacial score (nSPS) is 16.1. The number of aromatic nitrogens is 1. The van der Waals surface area contributed by atoms with E-state index in [2.05, 4.69) is 10.3 Å². The van der Waals surface area contributed by atoms with Gasteiger partial charge >= 0.3 is 0 Å². The number of rotatable bonds is 2. The van der Waals surface area contributed by atoms with Crippen molar-refractivity contribution in [2.75, 3.05) is 13.1 Å². The van der Waals surface area contributed by atoms with Gasteiger partial charge in [-0.05, 0) is 25.8 Å². The Morgan fingerprint density at radius 2 is 2.05 bits per heavy atom. The summed E-state index contributed by atoms with van der Waals surface area (Å²) >= 11 is 6.05. The van der Waals surface area contributed by atoms with Crippen molar-refractivity contribution >= 4 is 23.4 Å². The summed E-state index contributed by atoms with van der Waals surface area (Å²) in [6.45, 7) is 4.75. The fraction of sp³-hybridized carbons (Fsp3) is 0.500. The van der Waals surface area contributed by atoms with Crippen molar-refractivity contribution in [3.63, 3.8) is 0 Å². The molecule has 0 spiro atoms. The molecule has 2 amide bonds. The number of hydrogen-bond acceptors (Lipinski definition) is 3. The topological polar surface area (TPSA) is 62.3 Å². The molecule has 1 aliphatic rings. The first-order valence-electron chi connectivity index (χ1n) is 6.66. The van der Waals surface area contributed by atoms with Crippen LogP contribution in [-0.4, -0.2) is 40.8 Å². The van der Waals surface area contributed by atoms with Gasteiger partial charge in [0.05, 0.1) is 10.6 Å². The molecule has 1 fully saturated rings. The summed E-state index contributed by atoms with van der Waals surface area (Å²) in [6, 6.07) is 1.75. The number of nitrogens with zero attached hydrogens (tertiary/aromatic N) is 2. The van der Waals surface area contributed by atoms with Crippen LogP contribution in [0, 0.1) is 6.92 Å². The molecule has 0 radical (unpaired) electrons. The van der Waals surface area contributed by atoms with Crippen molar-refractivity contribution in [3.05, 3.63) is 28.5 Å². The summed E-state index contributed by atoms with van der Waals surface area (Å²) in [4.78, 5) is 29.3. The standard InChI is InChI=1S/C14H18ClN3O2/c1-9-7-13(15)12(8-16-9)14(20)17-11-3-5-18(6-4-11)10(2)19/h7-8,11H,3-6H2,1-2H3,(H,17,20). The number of carbonyl (C=O) groups is 2. The van der Waals surface area contributed by atoms with Gasteiger partial charge in [-0.1, -0.05) is 11.6 Å². The van der Waals surface area contributed by atoms with Crippen LogP contribution in [0.3, 0.4) is 0 Å². The van der Waals surface area contributed by atoms with Gasteiger partial charge in [0.25, 0.3) is 5.91 Å². The van der Waals surface area contributed by atoms with Crippen molar-refractivity contribution in [2.45, 2.75) is 32.7 Å². The molecule has 1 aromatic rings. The maximum atomic E-state index is 12.1. The van der Waals surface area contributed by atoms with Crippen LogP contribution in [0.2, 0.25) is 5.02 Å². The highest BCUT2D eigenvalue weighted by Crippen LogP contribution is 2.17. The van der Waals surface area contributed by atoms with E-state index >= 15 is 0 Å². The van der Waals surface area contributed by atoms with Crippen LogP contribution in [0.5, 0.6) is 0 Å². The average Bonchev–Trinajstić information content (AvgIpc) is 2.39. The molecule has 0 saturated carbocycles. The molecular formula is C14H18ClN3O2. The third kappa shape index (κ3) is 3.48. The molecule has 0 bridgehead atoms. The fourth-order valence-electron chi connectivity index (χ4n) is 2.30. The van der Waals surface area contributed by atoms with Gasteiger partial charge in [0.2, 0.25) is 5.91 Å². The molecule has 2 heterocycles. The lowest BCUT2D eigenvalue weighted by Crippen LogP contribution is -2.46. The van der Waals surface area contributed by atoms with Crippen LogP contribution >= 0.6 is 11.6 Å². The highest BCUT2D eigenvalue weighted by atomic mass is 35.5. The smallest absolute Gasteiger partial charge is 0.254 e. The molecular weight excluding hydrogens is 278 g/mol. The summed E-state index contributed by atoms with van der Waals surface area (Å²) in [6.07, 6.45) is 3.03. The summed E-state index contributed by atoms with van der Waals surface area (Å²) < 4.78 is 0. The number of carbonyl (C=O) groups excluding carboxylic acids is 2. The van der Waals surface area contributed by atoms with E-state index in [4.69, 9.17) is 11.6 Å². The second-order valence-electron chi connectivity index (χ2n) is 5.06. The molecule has 0 unspecified atom stereocenters. The van der Waals surface area contributed by atoms with E-state index in [1.165, 1.54) is 6.20 Å². The van der Waals surface area contributed by atoms with Crippen molar-refractivity contribution < 1.29 is 9.59 Å². The van der Waals surface area contributed by atoms with E-state index in [9.17, 15) is 9.59 Å². The van der Waals surface area contributed by atoms with Crippen molar-refractivity contribution in [2.24, 2.45) is 0 Å². The van der Waals surface area contributed by atoms with E-state index in [0.717, 1.165) is 18.5 Å². The molecule has 0 atom stereocenters. The van der Waals surface area contributed by atoms with Crippen LogP contribution < -0.4 is 5.32 Å². The fourth-order valence-corrected chi connectivity index (χ4v) is 2.59. The first kappa shape index (κ1) is 14.8. The molecule has 1 N–H and O–H groups in total. The Hall–Kier alpha value is -1.62. The molecule has 0 aliphatic carbocycles. The number of piperidine rings is 1. The quantitative estimate of drug-likeness (QED) is 0.905. The van der Waals surface area contributed by atoms with E-state index in [-0.39, 0.29) is 17.9 Å². The Labute approximate surface area is 123 Å².